The van der Waals surface area contributed by atoms with Crippen molar-refractivity contribution in [3.8, 4) is 0 Å². The summed E-state index contributed by atoms with van der Waals surface area (Å²) in [6.45, 7) is 2.56. The molecule has 30 heavy (non-hydrogen) atoms. The van der Waals surface area contributed by atoms with Crippen molar-refractivity contribution in [2.75, 3.05) is 19.6 Å². The standard InChI is InChI=1S/C23H25N3OS.2ClH/c27-23(20-14-19(15-25-20)16-4-2-1-3-5-16)26-11-7-17(8-12-26)21-22-18(6-10-24-21)9-13-28-22;;/h1-6,9-10,13,17,19-20,25H,7-8,11-12,14-15H2;2*1H/t19-,20-;;/m1../s1. The number of benzene rings is 1. The lowest BCUT2D eigenvalue weighted by Crippen LogP contribution is -2.46. The lowest BCUT2D eigenvalue weighted by molar-refractivity contribution is -0.134. The van der Waals surface area contributed by atoms with Crippen molar-refractivity contribution >= 4 is 52.1 Å². The summed E-state index contributed by atoms with van der Waals surface area (Å²) < 4.78 is 1.32. The number of nitrogens with zero attached hydrogens (tertiary/aromatic N) is 2. The molecule has 2 atom stereocenters. The zero-order chi connectivity index (χ0) is 18.9. The zero-order valence-electron chi connectivity index (χ0n) is 16.7. The van der Waals surface area contributed by atoms with E-state index in [2.05, 4.69) is 57.0 Å². The first-order valence-electron chi connectivity index (χ1n) is 10.2. The lowest BCUT2D eigenvalue weighted by Gasteiger charge is -2.33. The number of fused-ring (bicyclic) bond motifs is 1. The van der Waals surface area contributed by atoms with Crippen molar-refractivity contribution in [2.24, 2.45) is 0 Å². The highest BCUT2D eigenvalue weighted by atomic mass is 35.5. The van der Waals surface area contributed by atoms with E-state index in [0.29, 0.717) is 11.8 Å². The van der Waals surface area contributed by atoms with E-state index >= 15 is 0 Å². The van der Waals surface area contributed by atoms with Crippen molar-refractivity contribution < 1.29 is 4.79 Å². The monoisotopic (exact) mass is 463 g/mol. The van der Waals surface area contributed by atoms with E-state index in [9.17, 15) is 4.79 Å². The van der Waals surface area contributed by atoms with E-state index in [1.807, 2.05) is 12.3 Å². The number of thiophene rings is 1. The highest BCUT2D eigenvalue weighted by Crippen LogP contribution is 2.34. The maximum atomic E-state index is 13.0. The molecule has 4 heterocycles. The second-order valence-corrected chi connectivity index (χ2v) is 8.85. The van der Waals surface area contributed by atoms with Crippen molar-refractivity contribution in [3.05, 3.63) is 65.3 Å². The summed E-state index contributed by atoms with van der Waals surface area (Å²) in [5, 5.41) is 6.89. The van der Waals surface area contributed by atoms with Gasteiger partial charge in [0, 0.05) is 31.7 Å². The van der Waals surface area contributed by atoms with Gasteiger partial charge < -0.3 is 10.2 Å². The third-order valence-corrected chi connectivity index (χ3v) is 7.24. The molecule has 0 bridgehead atoms. The van der Waals surface area contributed by atoms with E-state index in [-0.39, 0.29) is 36.8 Å². The summed E-state index contributed by atoms with van der Waals surface area (Å²) in [5.41, 5.74) is 2.56. The highest BCUT2D eigenvalue weighted by molar-refractivity contribution is 7.17. The SMILES string of the molecule is Cl.Cl.O=C([C@H]1C[C@@H](c2ccccc2)CN1)N1CCC(c2nccc3ccsc23)CC1. The smallest absolute Gasteiger partial charge is 0.239 e. The topological polar surface area (TPSA) is 45.2 Å². The van der Waals surface area contributed by atoms with Crippen molar-refractivity contribution in [2.45, 2.75) is 37.1 Å². The molecule has 1 N–H and O–H groups in total. The van der Waals surface area contributed by atoms with Crippen LogP contribution in [0, 0.1) is 0 Å². The minimum atomic E-state index is -0.0411. The van der Waals surface area contributed by atoms with Crippen molar-refractivity contribution in [1.29, 1.82) is 0 Å². The van der Waals surface area contributed by atoms with Crippen LogP contribution in [0.1, 0.15) is 42.4 Å². The van der Waals surface area contributed by atoms with Gasteiger partial charge >= 0.3 is 0 Å². The second kappa shape index (κ2) is 10.1. The molecule has 2 aliphatic rings. The largest absolute Gasteiger partial charge is 0.341 e. The number of hydrogen-bond acceptors (Lipinski definition) is 4. The van der Waals surface area contributed by atoms with E-state index < -0.39 is 0 Å². The Hall–Kier alpha value is -1.66. The Bertz CT molecular complexity index is 973. The molecule has 4 nitrogen and oxygen atoms in total. The molecular weight excluding hydrogens is 437 g/mol. The number of pyridine rings is 1. The number of aromatic nitrogens is 1. The number of carbonyl (C=O) groups excluding carboxylic acids is 1. The normalized spacial score (nSPS) is 21.8. The second-order valence-electron chi connectivity index (χ2n) is 7.94. The van der Waals surface area contributed by atoms with E-state index in [0.717, 1.165) is 38.9 Å². The van der Waals surface area contributed by atoms with Crippen LogP contribution in [0.3, 0.4) is 0 Å². The molecule has 2 aromatic heterocycles. The van der Waals surface area contributed by atoms with Crippen molar-refractivity contribution in [1.82, 2.24) is 15.2 Å². The Morgan fingerprint density at radius 3 is 2.57 bits per heavy atom. The Morgan fingerprint density at radius 1 is 1.03 bits per heavy atom. The minimum absolute atomic E-state index is 0. The van der Waals surface area contributed by atoms with Crippen LogP contribution >= 0.6 is 36.2 Å². The lowest BCUT2D eigenvalue weighted by atomic mass is 9.91. The molecule has 0 aliphatic carbocycles. The first kappa shape index (κ1) is 23.0. The van der Waals surface area contributed by atoms with Crippen LogP contribution in [-0.2, 0) is 4.79 Å². The molecule has 0 saturated carbocycles. The Balaban J connectivity index is 0.00000128. The Morgan fingerprint density at radius 2 is 1.80 bits per heavy atom. The number of halogens is 2. The van der Waals surface area contributed by atoms with Crippen LogP contribution in [0.15, 0.2) is 54.0 Å². The van der Waals surface area contributed by atoms with Gasteiger partial charge in [-0.3, -0.25) is 9.78 Å². The van der Waals surface area contributed by atoms with Crippen LogP contribution in [-0.4, -0.2) is 41.5 Å². The van der Waals surface area contributed by atoms with Crippen LogP contribution in [0.4, 0.5) is 0 Å². The number of likely N-dealkylation sites (tertiary alicyclic amines) is 1. The molecule has 2 saturated heterocycles. The fourth-order valence-corrected chi connectivity index (χ4v) is 5.67. The third kappa shape index (κ3) is 4.50. The van der Waals surface area contributed by atoms with Gasteiger partial charge in [-0.2, -0.15) is 0 Å². The summed E-state index contributed by atoms with van der Waals surface area (Å²) in [6, 6.07) is 14.8. The van der Waals surface area contributed by atoms with Gasteiger partial charge in [0.05, 0.1) is 16.4 Å². The van der Waals surface area contributed by atoms with Crippen LogP contribution < -0.4 is 5.32 Å². The fourth-order valence-electron chi connectivity index (χ4n) is 4.70. The van der Waals surface area contributed by atoms with Gasteiger partial charge in [0.2, 0.25) is 5.91 Å². The van der Waals surface area contributed by atoms with Crippen LogP contribution in [0.5, 0.6) is 0 Å². The average Bonchev–Trinajstić information content (AvgIpc) is 3.43. The maximum Gasteiger partial charge on any atom is 0.239 e. The summed E-state index contributed by atoms with van der Waals surface area (Å²) in [7, 11) is 0. The zero-order valence-corrected chi connectivity index (χ0v) is 19.1. The highest BCUT2D eigenvalue weighted by Gasteiger charge is 2.34. The van der Waals surface area contributed by atoms with Crippen molar-refractivity contribution in [3.63, 3.8) is 0 Å². The van der Waals surface area contributed by atoms with Gasteiger partial charge in [0.15, 0.2) is 0 Å². The minimum Gasteiger partial charge on any atom is -0.341 e. The van der Waals surface area contributed by atoms with E-state index in [1.54, 1.807) is 11.3 Å². The van der Waals surface area contributed by atoms with Gasteiger partial charge in [0.1, 0.15) is 0 Å². The molecule has 1 aromatic carbocycles. The molecule has 2 aliphatic heterocycles. The quantitative estimate of drug-likeness (QED) is 0.594. The number of carbonyl (C=O) groups is 1. The molecule has 0 radical (unpaired) electrons. The van der Waals surface area contributed by atoms with Gasteiger partial charge in [-0.05, 0) is 53.6 Å². The molecule has 0 unspecified atom stereocenters. The summed E-state index contributed by atoms with van der Waals surface area (Å²) in [6.07, 6.45) is 4.84. The maximum absolute atomic E-state index is 13.0. The summed E-state index contributed by atoms with van der Waals surface area (Å²) in [4.78, 5) is 19.8. The van der Waals surface area contributed by atoms with Gasteiger partial charge in [-0.1, -0.05) is 30.3 Å². The first-order valence-corrected chi connectivity index (χ1v) is 11.1. The summed E-state index contributed by atoms with van der Waals surface area (Å²) in [5.74, 6) is 1.17. The van der Waals surface area contributed by atoms with E-state index in [4.69, 9.17) is 0 Å². The fraction of sp³-hybridized carbons (Fsp3) is 0.391. The predicted octanol–water partition coefficient (Wildman–Crippen LogP) is 4.99. The number of amides is 1. The molecule has 7 heteroatoms. The molecule has 0 spiro atoms. The van der Waals surface area contributed by atoms with E-state index in [1.165, 1.54) is 21.3 Å². The van der Waals surface area contributed by atoms with Gasteiger partial charge in [-0.25, -0.2) is 0 Å². The average molecular weight is 464 g/mol. The molecule has 5 rings (SSSR count). The number of nitrogens with one attached hydrogen (secondary N) is 1. The van der Waals surface area contributed by atoms with Crippen LogP contribution in [0.25, 0.3) is 10.1 Å². The van der Waals surface area contributed by atoms with Gasteiger partial charge in [0.25, 0.3) is 0 Å². The molecular formula is C23H27Cl2N3OS. The number of piperidine rings is 1. The first-order chi connectivity index (χ1) is 13.8. The molecule has 160 valence electrons. The Kier molecular flexibility index (Phi) is 7.75. The van der Waals surface area contributed by atoms with Gasteiger partial charge in [-0.15, -0.1) is 36.2 Å². The molecule has 3 aromatic rings. The molecule has 2 fully saturated rings. The van der Waals surface area contributed by atoms with Crippen LogP contribution in [0.2, 0.25) is 0 Å². The Labute approximate surface area is 193 Å². The number of hydrogen-bond donors (Lipinski definition) is 1. The number of rotatable bonds is 3. The molecule has 1 amide bonds. The predicted molar refractivity (Wildman–Crippen MR) is 128 cm³/mol. The third-order valence-electron chi connectivity index (χ3n) is 6.29. The summed E-state index contributed by atoms with van der Waals surface area (Å²) >= 11 is 1.78.